The number of aryl methyl sites for hydroxylation is 1. The van der Waals surface area contributed by atoms with E-state index >= 15 is 0 Å². The van der Waals surface area contributed by atoms with E-state index in [2.05, 4.69) is 22.1 Å². The van der Waals surface area contributed by atoms with Gasteiger partial charge < -0.3 is 15.1 Å². The van der Waals surface area contributed by atoms with Crippen LogP contribution in [0.1, 0.15) is 30.5 Å². The van der Waals surface area contributed by atoms with E-state index in [1.54, 1.807) is 0 Å². The van der Waals surface area contributed by atoms with Gasteiger partial charge in [-0.1, -0.05) is 55.5 Å². The summed E-state index contributed by atoms with van der Waals surface area (Å²) in [5, 5.41) is 3.35. The van der Waals surface area contributed by atoms with Crippen molar-refractivity contribution in [3.05, 3.63) is 78.0 Å². The van der Waals surface area contributed by atoms with E-state index in [-0.39, 0.29) is 11.8 Å². The van der Waals surface area contributed by atoms with Crippen LogP contribution >= 0.6 is 0 Å². The van der Waals surface area contributed by atoms with E-state index in [9.17, 15) is 4.79 Å². The highest BCUT2D eigenvalue weighted by Crippen LogP contribution is 2.24. The van der Waals surface area contributed by atoms with Crippen molar-refractivity contribution in [1.82, 2.24) is 14.9 Å². The molecule has 1 aliphatic rings. The maximum Gasteiger partial charge on any atom is 0.230 e. The van der Waals surface area contributed by atoms with Gasteiger partial charge >= 0.3 is 0 Å². The SMILES string of the molecule is CCC(C(=O)N1CCN(c2nc(C)cc(Nc3ccccc3)n2)CC1)c1ccccc1. The maximum absolute atomic E-state index is 13.2. The van der Waals surface area contributed by atoms with Gasteiger partial charge in [-0.25, -0.2) is 4.98 Å². The Kier molecular flexibility index (Phi) is 6.46. The first-order valence-corrected chi connectivity index (χ1v) is 10.9. The summed E-state index contributed by atoms with van der Waals surface area (Å²) in [6.07, 6.45) is 0.804. The standard InChI is InChI=1S/C25H29N5O/c1-3-22(20-10-6-4-7-11-20)24(31)29-14-16-30(17-15-29)25-26-19(2)18-23(28-25)27-21-12-8-5-9-13-21/h4-13,18,22H,3,14-17H2,1-2H3,(H,26,27,28). The third-order valence-corrected chi connectivity index (χ3v) is 5.67. The molecule has 1 N–H and O–H groups in total. The molecule has 0 saturated carbocycles. The van der Waals surface area contributed by atoms with Gasteiger partial charge in [-0.3, -0.25) is 4.79 Å². The molecule has 4 rings (SSSR count). The third kappa shape index (κ3) is 5.02. The predicted octanol–water partition coefficient (Wildman–Crippen LogP) is 4.37. The van der Waals surface area contributed by atoms with Crippen LogP contribution in [0.2, 0.25) is 0 Å². The fourth-order valence-corrected chi connectivity index (χ4v) is 4.01. The summed E-state index contributed by atoms with van der Waals surface area (Å²) in [5.74, 6) is 1.62. The van der Waals surface area contributed by atoms with Gasteiger partial charge in [0.1, 0.15) is 5.82 Å². The van der Waals surface area contributed by atoms with Gasteiger partial charge in [0.2, 0.25) is 11.9 Å². The Bertz CT molecular complexity index is 1000. The Labute approximate surface area is 183 Å². The van der Waals surface area contributed by atoms with Crippen LogP contribution in [-0.4, -0.2) is 47.0 Å². The van der Waals surface area contributed by atoms with Crippen molar-refractivity contribution in [3.8, 4) is 0 Å². The van der Waals surface area contributed by atoms with Crippen LogP contribution in [0.3, 0.4) is 0 Å². The molecule has 1 fully saturated rings. The number of anilines is 3. The highest BCUT2D eigenvalue weighted by Gasteiger charge is 2.28. The Morgan fingerprint density at radius 1 is 0.968 bits per heavy atom. The van der Waals surface area contributed by atoms with Crippen LogP contribution in [0.15, 0.2) is 66.7 Å². The van der Waals surface area contributed by atoms with Crippen molar-refractivity contribution >= 4 is 23.4 Å². The van der Waals surface area contributed by atoms with Gasteiger partial charge in [0.05, 0.1) is 5.92 Å². The quantitative estimate of drug-likeness (QED) is 0.648. The number of rotatable bonds is 6. The molecule has 0 bridgehead atoms. The molecule has 1 atom stereocenters. The Morgan fingerprint density at radius 3 is 2.26 bits per heavy atom. The number of carbonyl (C=O) groups excluding carboxylic acids is 1. The molecule has 0 aliphatic carbocycles. The molecule has 160 valence electrons. The Morgan fingerprint density at radius 2 is 1.61 bits per heavy atom. The van der Waals surface area contributed by atoms with E-state index in [4.69, 9.17) is 4.98 Å². The summed E-state index contributed by atoms with van der Waals surface area (Å²) >= 11 is 0. The zero-order chi connectivity index (χ0) is 21.6. The van der Waals surface area contributed by atoms with Crippen LogP contribution in [0.5, 0.6) is 0 Å². The van der Waals surface area contributed by atoms with Gasteiger partial charge in [0.25, 0.3) is 0 Å². The second kappa shape index (κ2) is 9.60. The maximum atomic E-state index is 13.2. The fourth-order valence-electron chi connectivity index (χ4n) is 4.01. The van der Waals surface area contributed by atoms with E-state index in [0.29, 0.717) is 19.0 Å². The molecule has 31 heavy (non-hydrogen) atoms. The average molecular weight is 416 g/mol. The zero-order valence-corrected chi connectivity index (χ0v) is 18.2. The molecular formula is C25H29N5O. The number of benzene rings is 2. The number of para-hydroxylation sites is 1. The lowest BCUT2D eigenvalue weighted by molar-refractivity contribution is -0.133. The van der Waals surface area contributed by atoms with Crippen molar-refractivity contribution in [3.63, 3.8) is 0 Å². The number of nitrogens with one attached hydrogen (secondary N) is 1. The van der Waals surface area contributed by atoms with Crippen LogP contribution in [-0.2, 0) is 4.79 Å². The molecule has 0 radical (unpaired) electrons. The summed E-state index contributed by atoms with van der Waals surface area (Å²) in [4.78, 5) is 26.7. The lowest BCUT2D eigenvalue weighted by atomic mass is 9.95. The molecular weight excluding hydrogens is 386 g/mol. The third-order valence-electron chi connectivity index (χ3n) is 5.67. The molecule has 0 spiro atoms. The largest absolute Gasteiger partial charge is 0.340 e. The van der Waals surface area contributed by atoms with Gasteiger partial charge in [-0.15, -0.1) is 0 Å². The summed E-state index contributed by atoms with van der Waals surface area (Å²) in [6.45, 7) is 6.87. The zero-order valence-electron chi connectivity index (χ0n) is 18.2. The van der Waals surface area contributed by atoms with Crippen molar-refractivity contribution in [2.75, 3.05) is 36.4 Å². The molecule has 1 aliphatic heterocycles. The van der Waals surface area contributed by atoms with E-state index in [1.807, 2.05) is 78.6 Å². The van der Waals surface area contributed by atoms with Gasteiger partial charge in [-0.05, 0) is 31.0 Å². The summed E-state index contributed by atoms with van der Waals surface area (Å²) in [7, 11) is 0. The van der Waals surface area contributed by atoms with Crippen molar-refractivity contribution < 1.29 is 4.79 Å². The number of nitrogens with zero attached hydrogens (tertiary/aromatic N) is 4. The molecule has 2 aromatic carbocycles. The molecule has 2 heterocycles. The van der Waals surface area contributed by atoms with E-state index < -0.39 is 0 Å². The molecule has 6 heteroatoms. The van der Waals surface area contributed by atoms with Crippen LogP contribution < -0.4 is 10.2 Å². The minimum Gasteiger partial charge on any atom is -0.340 e. The van der Waals surface area contributed by atoms with E-state index in [1.165, 1.54) is 0 Å². The second-order valence-corrected chi connectivity index (χ2v) is 7.87. The number of carbonyl (C=O) groups is 1. The number of aromatic nitrogens is 2. The molecule has 3 aromatic rings. The van der Waals surface area contributed by atoms with Gasteiger partial charge in [0, 0.05) is 43.6 Å². The van der Waals surface area contributed by atoms with Crippen molar-refractivity contribution in [2.24, 2.45) is 0 Å². The number of piperazine rings is 1. The van der Waals surface area contributed by atoms with Crippen LogP contribution in [0.4, 0.5) is 17.5 Å². The predicted molar refractivity (Wildman–Crippen MR) is 125 cm³/mol. The smallest absolute Gasteiger partial charge is 0.230 e. The number of hydrogen-bond acceptors (Lipinski definition) is 5. The molecule has 1 aromatic heterocycles. The fraction of sp³-hybridized carbons (Fsp3) is 0.320. The monoisotopic (exact) mass is 415 g/mol. The number of amides is 1. The Hall–Kier alpha value is -3.41. The highest BCUT2D eigenvalue weighted by atomic mass is 16.2. The molecule has 6 nitrogen and oxygen atoms in total. The highest BCUT2D eigenvalue weighted by molar-refractivity contribution is 5.84. The van der Waals surface area contributed by atoms with Crippen LogP contribution in [0.25, 0.3) is 0 Å². The average Bonchev–Trinajstić information content (AvgIpc) is 2.80. The van der Waals surface area contributed by atoms with Crippen molar-refractivity contribution in [2.45, 2.75) is 26.2 Å². The van der Waals surface area contributed by atoms with Gasteiger partial charge in [-0.2, -0.15) is 4.98 Å². The summed E-state index contributed by atoms with van der Waals surface area (Å²) in [6, 6.07) is 22.0. The first-order chi connectivity index (χ1) is 15.1. The normalized spacial score (nSPS) is 14.9. The van der Waals surface area contributed by atoms with Crippen LogP contribution in [0, 0.1) is 6.92 Å². The van der Waals surface area contributed by atoms with Gasteiger partial charge in [0.15, 0.2) is 0 Å². The topological polar surface area (TPSA) is 61.4 Å². The summed E-state index contributed by atoms with van der Waals surface area (Å²) in [5.41, 5.74) is 3.00. The summed E-state index contributed by atoms with van der Waals surface area (Å²) < 4.78 is 0. The number of hydrogen-bond donors (Lipinski definition) is 1. The Balaban J connectivity index is 1.42. The minimum atomic E-state index is -0.0790. The first-order valence-electron chi connectivity index (χ1n) is 10.9. The molecule has 1 unspecified atom stereocenters. The molecule has 1 amide bonds. The van der Waals surface area contributed by atoms with E-state index in [0.717, 1.165) is 42.3 Å². The molecule has 1 saturated heterocycles. The lowest BCUT2D eigenvalue weighted by Gasteiger charge is -2.36. The minimum absolute atomic E-state index is 0.0790. The first kappa shape index (κ1) is 20.8. The van der Waals surface area contributed by atoms with Crippen molar-refractivity contribution in [1.29, 1.82) is 0 Å². The lowest BCUT2D eigenvalue weighted by Crippen LogP contribution is -2.50. The second-order valence-electron chi connectivity index (χ2n) is 7.87.